The normalized spacial score (nSPS) is 9.62. The van der Waals surface area contributed by atoms with Crippen molar-refractivity contribution in [2.75, 3.05) is 5.75 Å². The van der Waals surface area contributed by atoms with Gasteiger partial charge in [0.25, 0.3) is 0 Å². The number of aromatic nitrogens is 4. The first-order valence-electron chi connectivity index (χ1n) is 2.09. The molecule has 1 rings (SSSR count). The van der Waals surface area contributed by atoms with E-state index in [4.69, 9.17) is 0 Å². The van der Waals surface area contributed by atoms with Gasteiger partial charge in [-0.2, -0.15) is 0 Å². The second-order valence-corrected chi connectivity index (χ2v) is 2.14. The van der Waals surface area contributed by atoms with Gasteiger partial charge in [-0.3, -0.25) is 0 Å². The average Bonchev–Trinajstić information content (AvgIpc) is 2.19. The molecule has 0 unspecified atom stereocenters. The quantitative estimate of drug-likeness (QED) is 0.576. The van der Waals surface area contributed by atoms with Crippen LogP contribution in [-0.2, 0) is 0 Å². The Labute approximate surface area is 51.1 Å². The number of tetrazole rings is 1. The van der Waals surface area contributed by atoms with Crippen LogP contribution in [0.1, 0.15) is 0 Å². The van der Waals surface area contributed by atoms with E-state index in [0.717, 1.165) is 10.9 Å². The third-order valence-corrected chi connectivity index (χ3v) is 1.22. The molecule has 1 aromatic rings. The zero-order valence-electron chi connectivity index (χ0n) is 4.16. The summed E-state index contributed by atoms with van der Waals surface area (Å²) in [5.41, 5.74) is 0. The number of thioether (sulfide) groups is 1. The summed E-state index contributed by atoms with van der Waals surface area (Å²) in [6.45, 7) is 3.61. The van der Waals surface area contributed by atoms with Gasteiger partial charge in [0.15, 0.2) is 0 Å². The van der Waals surface area contributed by atoms with E-state index in [9.17, 15) is 0 Å². The molecule has 8 heavy (non-hydrogen) atoms. The lowest BCUT2D eigenvalue weighted by Gasteiger charge is -1.82. The SMILES string of the molecule is [CH2]CSc1nnn[nH]1. The fourth-order valence-electron chi connectivity index (χ4n) is 0.308. The van der Waals surface area contributed by atoms with Crippen LogP contribution < -0.4 is 0 Å². The van der Waals surface area contributed by atoms with Crippen LogP contribution in [0.3, 0.4) is 0 Å². The molecule has 0 saturated carbocycles. The third kappa shape index (κ3) is 1.19. The van der Waals surface area contributed by atoms with Crippen LogP contribution in [0, 0.1) is 6.92 Å². The number of nitrogens with one attached hydrogen (secondary N) is 1. The summed E-state index contributed by atoms with van der Waals surface area (Å²) in [7, 11) is 0. The molecular weight excluding hydrogens is 124 g/mol. The van der Waals surface area contributed by atoms with Crippen molar-refractivity contribution in [1.82, 2.24) is 20.6 Å². The van der Waals surface area contributed by atoms with E-state index in [2.05, 4.69) is 27.5 Å². The summed E-state index contributed by atoms with van der Waals surface area (Å²) in [4.78, 5) is 0. The van der Waals surface area contributed by atoms with Gasteiger partial charge in [0.1, 0.15) is 0 Å². The van der Waals surface area contributed by atoms with Crippen LogP contribution in [-0.4, -0.2) is 26.4 Å². The highest BCUT2D eigenvalue weighted by Gasteiger charge is 1.91. The van der Waals surface area contributed by atoms with Crippen molar-refractivity contribution in [2.45, 2.75) is 5.16 Å². The lowest BCUT2D eigenvalue weighted by Crippen LogP contribution is -1.74. The second kappa shape index (κ2) is 2.66. The van der Waals surface area contributed by atoms with Gasteiger partial charge in [0.2, 0.25) is 5.16 Å². The molecule has 0 aromatic carbocycles. The molecular formula is C3H5N4S. The summed E-state index contributed by atoms with van der Waals surface area (Å²) >= 11 is 1.48. The highest BCUT2D eigenvalue weighted by molar-refractivity contribution is 7.99. The van der Waals surface area contributed by atoms with Gasteiger partial charge >= 0.3 is 0 Å². The van der Waals surface area contributed by atoms with Crippen molar-refractivity contribution >= 4 is 11.8 Å². The smallest absolute Gasteiger partial charge is 0.206 e. The molecule has 43 valence electrons. The Morgan fingerprint density at radius 3 is 3.12 bits per heavy atom. The Bertz CT molecular complexity index is 137. The van der Waals surface area contributed by atoms with Gasteiger partial charge in [0, 0.05) is 5.75 Å². The Balaban J connectivity index is 2.50. The lowest BCUT2D eigenvalue weighted by molar-refractivity contribution is 0.881. The van der Waals surface area contributed by atoms with Crippen molar-refractivity contribution in [3.05, 3.63) is 6.92 Å². The molecule has 5 heteroatoms. The highest BCUT2D eigenvalue weighted by atomic mass is 32.2. The first-order valence-corrected chi connectivity index (χ1v) is 3.08. The first-order chi connectivity index (χ1) is 3.93. The van der Waals surface area contributed by atoms with E-state index in [1.165, 1.54) is 11.8 Å². The third-order valence-electron chi connectivity index (χ3n) is 0.565. The molecule has 0 aliphatic carbocycles. The Hall–Kier alpha value is -0.580. The molecule has 0 fully saturated rings. The van der Waals surface area contributed by atoms with Crippen LogP contribution in [0.5, 0.6) is 0 Å². The van der Waals surface area contributed by atoms with Gasteiger partial charge in [-0.1, -0.05) is 11.8 Å². The summed E-state index contributed by atoms with van der Waals surface area (Å²) in [6, 6.07) is 0. The molecule has 1 aromatic heterocycles. The maximum atomic E-state index is 3.61. The van der Waals surface area contributed by atoms with Gasteiger partial charge in [-0.15, -0.1) is 5.10 Å². The minimum atomic E-state index is 0.722. The van der Waals surface area contributed by atoms with Crippen molar-refractivity contribution in [3.8, 4) is 0 Å². The van der Waals surface area contributed by atoms with Crippen molar-refractivity contribution in [1.29, 1.82) is 0 Å². The van der Waals surface area contributed by atoms with E-state index < -0.39 is 0 Å². The van der Waals surface area contributed by atoms with Gasteiger partial charge in [-0.25, -0.2) is 5.10 Å². The van der Waals surface area contributed by atoms with E-state index in [1.54, 1.807) is 0 Å². The average molecular weight is 129 g/mol. The predicted molar refractivity (Wildman–Crippen MR) is 30.3 cm³/mol. The van der Waals surface area contributed by atoms with Gasteiger partial charge in [-0.05, 0) is 17.4 Å². The van der Waals surface area contributed by atoms with Crippen molar-refractivity contribution < 1.29 is 0 Å². The van der Waals surface area contributed by atoms with Crippen LogP contribution in [0.4, 0.5) is 0 Å². The molecule has 0 saturated heterocycles. The summed E-state index contributed by atoms with van der Waals surface area (Å²) in [5, 5.41) is 13.7. The van der Waals surface area contributed by atoms with E-state index in [1.807, 2.05) is 0 Å². The van der Waals surface area contributed by atoms with Crippen LogP contribution in [0.25, 0.3) is 0 Å². The molecule has 0 atom stereocenters. The molecule has 1 N–H and O–H groups in total. The van der Waals surface area contributed by atoms with Crippen LogP contribution in [0.2, 0.25) is 0 Å². The maximum absolute atomic E-state index is 3.61. The van der Waals surface area contributed by atoms with E-state index >= 15 is 0 Å². The Kier molecular flexibility index (Phi) is 1.85. The molecule has 4 nitrogen and oxygen atoms in total. The van der Waals surface area contributed by atoms with Crippen LogP contribution >= 0.6 is 11.8 Å². The predicted octanol–water partition coefficient (Wildman–Crippen LogP) is 0.126. The fourth-order valence-corrected chi connectivity index (χ4v) is 0.701. The topological polar surface area (TPSA) is 54.5 Å². The van der Waals surface area contributed by atoms with Crippen molar-refractivity contribution in [2.24, 2.45) is 0 Å². The Morgan fingerprint density at radius 1 is 1.75 bits per heavy atom. The minimum absolute atomic E-state index is 0.722. The zero-order chi connectivity index (χ0) is 5.82. The zero-order valence-corrected chi connectivity index (χ0v) is 4.98. The monoisotopic (exact) mass is 129 g/mol. The van der Waals surface area contributed by atoms with Crippen molar-refractivity contribution in [3.63, 3.8) is 0 Å². The number of hydrogen-bond donors (Lipinski definition) is 1. The van der Waals surface area contributed by atoms with Gasteiger partial charge < -0.3 is 0 Å². The van der Waals surface area contributed by atoms with E-state index in [-0.39, 0.29) is 0 Å². The van der Waals surface area contributed by atoms with Crippen LogP contribution in [0.15, 0.2) is 5.16 Å². The molecule has 0 spiro atoms. The summed E-state index contributed by atoms with van der Waals surface area (Å²) < 4.78 is 0. The molecule has 0 aliphatic rings. The molecule has 0 amide bonds. The van der Waals surface area contributed by atoms with E-state index in [0.29, 0.717) is 0 Å². The number of nitrogens with zero attached hydrogens (tertiary/aromatic N) is 3. The molecule has 0 aliphatic heterocycles. The largest absolute Gasteiger partial charge is 0.234 e. The van der Waals surface area contributed by atoms with Gasteiger partial charge in [0.05, 0.1) is 0 Å². The standard InChI is InChI=1S/C3H5N4S/c1-2-8-3-4-6-7-5-3/h1-2H2,(H,4,5,6,7). The molecule has 1 heterocycles. The lowest BCUT2D eigenvalue weighted by atomic mass is 11.0. The number of hydrogen-bond acceptors (Lipinski definition) is 4. The highest BCUT2D eigenvalue weighted by Crippen LogP contribution is 2.06. The summed E-state index contributed by atoms with van der Waals surface area (Å²) in [5.74, 6) is 0.747. The summed E-state index contributed by atoms with van der Waals surface area (Å²) in [6.07, 6.45) is 0. The maximum Gasteiger partial charge on any atom is 0.206 e. The minimum Gasteiger partial charge on any atom is -0.234 e. The fraction of sp³-hybridized carbons (Fsp3) is 0.333. The first kappa shape index (κ1) is 5.55. The number of rotatable bonds is 2. The molecule has 1 radical (unpaired) electrons. The number of H-pyrrole nitrogens is 1. The molecule has 0 bridgehead atoms. The number of aromatic amines is 1. The Morgan fingerprint density at radius 2 is 2.62 bits per heavy atom. The second-order valence-electron chi connectivity index (χ2n) is 1.05.